The number of ether oxygens (including phenoxy) is 1. The van der Waals surface area contributed by atoms with Gasteiger partial charge in [-0.2, -0.15) is 0 Å². The molecular weight excluding hydrogens is 205 g/mol. The first-order valence-corrected chi connectivity index (χ1v) is 4.91. The SMILES string of the molecule is COc1cccc(-c2ccccc2N)c1F. The highest BCUT2D eigenvalue weighted by atomic mass is 19.1. The Morgan fingerprint density at radius 2 is 1.69 bits per heavy atom. The number of anilines is 1. The standard InChI is InChI=1S/C13H12FNO/c1-16-12-8-4-6-10(13(12)14)9-5-2-3-7-11(9)15/h2-8H,15H2,1H3. The summed E-state index contributed by atoms with van der Waals surface area (Å²) in [6.45, 7) is 0. The van der Waals surface area contributed by atoms with E-state index in [0.717, 1.165) is 0 Å². The van der Waals surface area contributed by atoms with Gasteiger partial charge < -0.3 is 10.5 Å². The predicted octanol–water partition coefficient (Wildman–Crippen LogP) is 3.08. The minimum absolute atomic E-state index is 0.223. The van der Waals surface area contributed by atoms with Crippen LogP contribution in [0.1, 0.15) is 0 Å². The van der Waals surface area contributed by atoms with Crippen molar-refractivity contribution < 1.29 is 9.13 Å². The Balaban J connectivity index is 2.61. The van der Waals surface area contributed by atoms with Crippen LogP contribution in [-0.4, -0.2) is 7.11 Å². The first-order valence-electron chi connectivity index (χ1n) is 4.91. The van der Waals surface area contributed by atoms with Gasteiger partial charge in [0.15, 0.2) is 11.6 Å². The van der Waals surface area contributed by atoms with Gasteiger partial charge in [0.2, 0.25) is 0 Å². The highest BCUT2D eigenvalue weighted by Gasteiger charge is 2.11. The summed E-state index contributed by atoms with van der Waals surface area (Å²) in [6, 6.07) is 12.2. The third-order valence-electron chi connectivity index (χ3n) is 2.43. The third-order valence-corrected chi connectivity index (χ3v) is 2.43. The molecule has 0 heterocycles. The van der Waals surface area contributed by atoms with Gasteiger partial charge in [0.25, 0.3) is 0 Å². The van der Waals surface area contributed by atoms with Crippen LogP contribution in [-0.2, 0) is 0 Å². The van der Waals surface area contributed by atoms with Gasteiger partial charge in [-0.15, -0.1) is 0 Å². The monoisotopic (exact) mass is 217 g/mol. The fourth-order valence-corrected chi connectivity index (χ4v) is 1.62. The maximum Gasteiger partial charge on any atom is 0.172 e. The minimum atomic E-state index is -0.386. The van der Waals surface area contributed by atoms with Crippen molar-refractivity contribution in [1.82, 2.24) is 0 Å². The van der Waals surface area contributed by atoms with E-state index in [2.05, 4.69) is 0 Å². The summed E-state index contributed by atoms with van der Waals surface area (Å²) in [5.74, 6) is -0.163. The Morgan fingerprint density at radius 3 is 2.38 bits per heavy atom. The molecule has 0 unspecified atom stereocenters. The van der Waals surface area contributed by atoms with E-state index in [1.165, 1.54) is 7.11 Å². The molecule has 0 fully saturated rings. The number of nitrogen functional groups attached to an aromatic ring is 1. The van der Waals surface area contributed by atoms with Gasteiger partial charge in [-0.3, -0.25) is 0 Å². The van der Waals surface area contributed by atoms with Gasteiger partial charge in [0, 0.05) is 16.8 Å². The molecule has 0 spiro atoms. The van der Waals surface area contributed by atoms with Crippen LogP contribution in [0.15, 0.2) is 42.5 Å². The second-order valence-corrected chi connectivity index (χ2v) is 3.41. The van der Waals surface area contributed by atoms with E-state index in [0.29, 0.717) is 16.8 Å². The zero-order valence-corrected chi connectivity index (χ0v) is 8.91. The third kappa shape index (κ3) is 1.72. The molecule has 2 nitrogen and oxygen atoms in total. The van der Waals surface area contributed by atoms with Crippen LogP contribution >= 0.6 is 0 Å². The summed E-state index contributed by atoms with van der Waals surface area (Å²) < 4.78 is 18.9. The van der Waals surface area contributed by atoms with E-state index in [9.17, 15) is 4.39 Å². The molecule has 2 aromatic carbocycles. The van der Waals surface area contributed by atoms with Crippen molar-refractivity contribution in [1.29, 1.82) is 0 Å². The average Bonchev–Trinajstić information content (AvgIpc) is 2.31. The molecule has 0 amide bonds. The van der Waals surface area contributed by atoms with Gasteiger partial charge in [-0.25, -0.2) is 4.39 Å². The minimum Gasteiger partial charge on any atom is -0.494 e. The molecule has 0 saturated carbocycles. The smallest absolute Gasteiger partial charge is 0.172 e. The second-order valence-electron chi connectivity index (χ2n) is 3.41. The maximum atomic E-state index is 14.0. The number of benzene rings is 2. The number of hydrogen-bond acceptors (Lipinski definition) is 2. The summed E-state index contributed by atoms with van der Waals surface area (Å²) in [7, 11) is 1.44. The number of methoxy groups -OCH3 is 1. The van der Waals surface area contributed by atoms with E-state index in [-0.39, 0.29) is 11.6 Å². The molecule has 0 atom stereocenters. The van der Waals surface area contributed by atoms with Crippen molar-refractivity contribution in [3.63, 3.8) is 0 Å². The molecule has 0 aromatic heterocycles. The molecule has 2 rings (SSSR count). The van der Waals surface area contributed by atoms with Crippen molar-refractivity contribution in [3.05, 3.63) is 48.3 Å². The number of halogens is 1. The van der Waals surface area contributed by atoms with Crippen LogP contribution in [0.4, 0.5) is 10.1 Å². The molecule has 0 bridgehead atoms. The molecule has 0 aliphatic heterocycles. The Labute approximate surface area is 93.5 Å². The molecule has 2 aromatic rings. The zero-order valence-electron chi connectivity index (χ0n) is 8.91. The Hall–Kier alpha value is -2.03. The lowest BCUT2D eigenvalue weighted by Crippen LogP contribution is -1.94. The lowest BCUT2D eigenvalue weighted by atomic mass is 10.0. The molecule has 0 aliphatic carbocycles. The van der Waals surface area contributed by atoms with Crippen molar-refractivity contribution in [3.8, 4) is 16.9 Å². The highest BCUT2D eigenvalue weighted by Crippen LogP contribution is 2.31. The Morgan fingerprint density at radius 1 is 1.00 bits per heavy atom. The van der Waals surface area contributed by atoms with Gasteiger partial charge in [0.05, 0.1) is 7.11 Å². The van der Waals surface area contributed by atoms with Crippen LogP contribution in [0.25, 0.3) is 11.1 Å². The molecule has 3 heteroatoms. The van der Waals surface area contributed by atoms with Crippen LogP contribution in [0.3, 0.4) is 0 Å². The topological polar surface area (TPSA) is 35.2 Å². The lowest BCUT2D eigenvalue weighted by Gasteiger charge is -2.09. The number of para-hydroxylation sites is 1. The van der Waals surface area contributed by atoms with Gasteiger partial charge in [0.1, 0.15) is 0 Å². The van der Waals surface area contributed by atoms with Gasteiger partial charge >= 0.3 is 0 Å². The van der Waals surface area contributed by atoms with Crippen molar-refractivity contribution in [2.24, 2.45) is 0 Å². The zero-order chi connectivity index (χ0) is 11.5. The molecule has 82 valence electrons. The Bertz CT molecular complexity index is 511. The van der Waals surface area contributed by atoms with Crippen LogP contribution in [0.2, 0.25) is 0 Å². The number of hydrogen-bond donors (Lipinski definition) is 1. The first kappa shape index (κ1) is 10.5. The number of nitrogens with two attached hydrogens (primary N) is 1. The largest absolute Gasteiger partial charge is 0.494 e. The average molecular weight is 217 g/mol. The molecule has 0 radical (unpaired) electrons. The van der Waals surface area contributed by atoms with Gasteiger partial charge in [-0.05, 0) is 12.1 Å². The summed E-state index contributed by atoms with van der Waals surface area (Å²) in [6.07, 6.45) is 0. The van der Waals surface area contributed by atoms with Crippen molar-refractivity contribution in [2.45, 2.75) is 0 Å². The molecular formula is C13H12FNO. The number of rotatable bonds is 2. The summed E-state index contributed by atoms with van der Waals surface area (Å²) >= 11 is 0. The fourth-order valence-electron chi connectivity index (χ4n) is 1.62. The molecule has 0 aliphatic rings. The quantitative estimate of drug-likeness (QED) is 0.784. The summed E-state index contributed by atoms with van der Waals surface area (Å²) in [5.41, 5.74) is 7.49. The summed E-state index contributed by atoms with van der Waals surface area (Å²) in [5, 5.41) is 0. The Kier molecular flexibility index (Phi) is 2.77. The summed E-state index contributed by atoms with van der Waals surface area (Å²) in [4.78, 5) is 0. The van der Waals surface area contributed by atoms with Crippen molar-refractivity contribution in [2.75, 3.05) is 12.8 Å². The van der Waals surface area contributed by atoms with E-state index >= 15 is 0 Å². The first-order chi connectivity index (χ1) is 7.74. The molecule has 16 heavy (non-hydrogen) atoms. The van der Waals surface area contributed by atoms with Crippen molar-refractivity contribution >= 4 is 5.69 Å². The predicted molar refractivity (Wildman–Crippen MR) is 62.8 cm³/mol. The highest BCUT2D eigenvalue weighted by molar-refractivity contribution is 5.77. The van der Waals surface area contributed by atoms with E-state index in [1.54, 1.807) is 30.3 Å². The fraction of sp³-hybridized carbons (Fsp3) is 0.0769. The maximum absolute atomic E-state index is 14.0. The van der Waals surface area contributed by atoms with Gasteiger partial charge in [-0.1, -0.05) is 30.3 Å². The van der Waals surface area contributed by atoms with Crippen LogP contribution in [0, 0.1) is 5.82 Å². The lowest BCUT2D eigenvalue weighted by molar-refractivity contribution is 0.387. The molecule has 2 N–H and O–H groups in total. The van der Waals surface area contributed by atoms with E-state index in [4.69, 9.17) is 10.5 Å². The normalized spacial score (nSPS) is 10.1. The van der Waals surface area contributed by atoms with E-state index in [1.807, 2.05) is 12.1 Å². The second kappa shape index (κ2) is 4.23. The molecule has 0 saturated heterocycles. The van der Waals surface area contributed by atoms with Crippen LogP contribution < -0.4 is 10.5 Å². The van der Waals surface area contributed by atoms with Crippen LogP contribution in [0.5, 0.6) is 5.75 Å². The van der Waals surface area contributed by atoms with E-state index < -0.39 is 0 Å².